The molecule has 3 rings (SSSR count). The number of carbonyl (C=O) groups excluding carboxylic acids is 1. The summed E-state index contributed by atoms with van der Waals surface area (Å²) in [6, 6.07) is 7.88. The third kappa shape index (κ3) is 1.97. The maximum absolute atomic E-state index is 12.2. The van der Waals surface area contributed by atoms with Gasteiger partial charge in [-0.2, -0.15) is 0 Å². The zero-order valence-electron chi connectivity index (χ0n) is 10.2. The van der Waals surface area contributed by atoms with Gasteiger partial charge in [-0.1, -0.05) is 18.2 Å². The van der Waals surface area contributed by atoms with Gasteiger partial charge in [0.25, 0.3) is 0 Å². The summed E-state index contributed by atoms with van der Waals surface area (Å²) in [5.41, 5.74) is 1.11. The second-order valence-corrected chi connectivity index (χ2v) is 5.11. The Labute approximate surface area is 106 Å². The van der Waals surface area contributed by atoms with Crippen LogP contribution in [0.1, 0.15) is 5.56 Å². The average molecular weight is 247 g/mol. The highest BCUT2D eigenvalue weighted by Crippen LogP contribution is 2.29. The van der Waals surface area contributed by atoms with Gasteiger partial charge in [-0.15, -0.1) is 0 Å². The Kier molecular flexibility index (Phi) is 2.96. The Balaban J connectivity index is 1.64. The van der Waals surface area contributed by atoms with Gasteiger partial charge in [0.15, 0.2) is 0 Å². The van der Waals surface area contributed by atoms with Crippen LogP contribution in [0, 0.1) is 11.8 Å². The topological polar surface area (TPSA) is 49.8 Å². The van der Waals surface area contributed by atoms with E-state index in [2.05, 4.69) is 0 Å². The minimum Gasteiger partial charge on any atom is -0.492 e. The second-order valence-electron chi connectivity index (χ2n) is 5.11. The predicted molar refractivity (Wildman–Crippen MR) is 66.3 cm³/mol. The van der Waals surface area contributed by atoms with E-state index in [4.69, 9.17) is 9.84 Å². The van der Waals surface area contributed by atoms with Gasteiger partial charge in [0.05, 0.1) is 5.92 Å². The third-order valence-electron chi connectivity index (χ3n) is 3.76. The molecular formula is C14H17NO3. The Hall–Kier alpha value is -1.55. The van der Waals surface area contributed by atoms with Crippen LogP contribution in [0.4, 0.5) is 0 Å². The summed E-state index contributed by atoms with van der Waals surface area (Å²) >= 11 is 0. The minimum absolute atomic E-state index is 0.0699. The first kappa shape index (κ1) is 11.5. The van der Waals surface area contributed by atoms with E-state index in [9.17, 15) is 4.79 Å². The van der Waals surface area contributed by atoms with Crippen molar-refractivity contribution in [2.24, 2.45) is 11.8 Å². The molecule has 2 heterocycles. The molecule has 1 amide bonds. The molecule has 4 heteroatoms. The molecule has 4 nitrogen and oxygen atoms in total. The summed E-state index contributed by atoms with van der Waals surface area (Å²) in [6.07, 6.45) is 0.759. The van der Waals surface area contributed by atoms with Gasteiger partial charge in [-0.3, -0.25) is 4.79 Å². The van der Waals surface area contributed by atoms with E-state index < -0.39 is 0 Å². The first-order valence-electron chi connectivity index (χ1n) is 6.38. The number of likely N-dealkylation sites (tertiary alicyclic amines) is 1. The van der Waals surface area contributed by atoms with Gasteiger partial charge in [-0.05, 0) is 18.1 Å². The zero-order valence-corrected chi connectivity index (χ0v) is 10.2. The van der Waals surface area contributed by atoms with E-state index in [0.717, 1.165) is 17.7 Å². The number of rotatable bonds is 2. The van der Waals surface area contributed by atoms with Crippen LogP contribution in [0.3, 0.4) is 0 Å². The molecular weight excluding hydrogens is 230 g/mol. The lowest BCUT2D eigenvalue weighted by molar-refractivity contribution is -0.144. The number of para-hydroxylation sites is 1. The van der Waals surface area contributed by atoms with E-state index in [0.29, 0.717) is 19.7 Å². The summed E-state index contributed by atoms with van der Waals surface area (Å²) in [6.45, 7) is 2.02. The van der Waals surface area contributed by atoms with Crippen molar-refractivity contribution in [1.29, 1.82) is 0 Å². The van der Waals surface area contributed by atoms with Crippen molar-refractivity contribution in [2.75, 3.05) is 26.3 Å². The lowest BCUT2D eigenvalue weighted by atomic mass is 9.92. The van der Waals surface area contributed by atoms with Crippen LogP contribution in [0.5, 0.6) is 5.75 Å². The Morgan fingerprint density at radius 2 is 2.17 bits per heavy atom. The monoisotopic (exact) mass is 247 g/mol. The number of carbonyl (C=O) groups is 1. The smallest absolute Gasteiger partial charge is 0.229 e. The van der Waals surface area contributed by atoms with E-state index in [1.165, 1.54) is 0 Å². The first-order chi connectivity index (χ1) is 8.78. The maximum atomic E-state index is 12.2. The predicted octanol–water partition coefficient (Wildman–Crippen LogP) is 0.688. The molecule has 1 fully saturated rings. The molecule has 1 N–H and O–H groups in total. The molecule has 18 heavy (non-hydrogen) atoms. The molecule has 2 aliphatic heterocycles. The number of nitrogens with zero attached hydrogens (tertiary/aromatic N) is 1. The Morgan fingerprint density at radius 3 is 2.94 bits per heavy atom. The number of amides is 1. The molecule has 1 aromatic carbocycles. The van der Waals surface area contributed by atoms with Gasteiger partial charge in [-0.25, -0.2) is 0 Å². The minimum atomic E-state index is -0.0699. The molecule has 96 valence electrons. The quantitative estimate of drug-likeness (QED) is 0.836. The van der Waals surface area contributed by atoms with Crippen LogP contribution < -0.4 is 4.74 Å². The molecule has 2 aliphatic rings. The number of aliphatic hydroxyl groups excluding tert-OH is 1. The summed E-state index contributed by atoms with van der Waals surface area (Å²) < 4.78 is 5.63. The number of hydrogen-bond donors (Lipinski definition) is 1. The van der Waals surface area contributed by atoms with Gasteiger partial charge in [0, 0.05) is 25.6 Å². The van der Waals surface area contributed by atoms with Gasteiger partial charge in [0.2, 0.25) is 5.91 Å². The molecule has 0 spiro atoms. The fourth-order valence-electron chi connectivity index (χ4n) is 2.61. The lowest BCUT2D eigenvalue weighted by Crippen LogP contribution is -2.54. The first-order valence-corrected chi connectivity index (χ1v) is 6.38. The van der Waals surface area contributed by atoms with Crippen molar-refractivity contribution in [1.82, 2.24) is 4.90 Å². The molecule has 0 aromatic heterocycles. The van der Waals surface area contributed by atoms with Crippen molar-refractivity contribution in [2.45, 2.75) is 6.42 Å². The normalized spacial score (nSPS) is 22.9. The highest BCUT2D eigenvalue weighted by Gasteiger charge is 2.35. The van der Waals surface area contributed by atoms with Crippen molar-refractivity contribution < 1.29 is 14.6 Å². The zero-order chi connectivity index (χ0) is 12.5. The number of ether oxygens (including phenoxy) is 1. The SMILES string of the molecule is O=C(C1COc2ccccc2C1)N1CC(CO)C1. The largest absolute Gasteiger partial charge is 0.492 e. The maximum Gasteiger partial charge on any atom is 0.229 e. The summed E-state index contributed by atoms with van der Waals surface area (Å²) in [4.78, 5) is 14.0. The van der Waals surface area contributed by atoms with Gasteiger partial charge >= 0.3 is 0 Å². The van der Waals surface area contributed by atoms with Gasteiger partial charge < -0.3 is 14.7 Å². The van der Waals surface area contributed by atoms with Gasteiger partial charge in [0.1, 0.15) is 12.4 Å². The number of hydrogen-bond acceptors (Lipinski definition) is 3. The van der Waals surface area contributed by atoms with Crippen LogP contribution >= 0.6 is 0 Å². The molecule has 0 radical (unpaired) electrons. The van der Waals surface area contributed by atoms with Crippen LogP contribution in [0.2, 0.25) is 0 Å². The Morgan fingerprint density at radius 1 is 1.39 bits per heavy atom. The third-order valence-corrected chi connectivity index (χ3v) is 3.76. The number of fused-ring (bicyclic) bond motifs is 1. The van der Waals surface area contributed by atoms with Crippen LogP contribution in [0.25, 0.3) is 0 Å². The Bertz CT molecular complexity index is 454. The number of aliphatic hydroxyl groups is 1. The molecule has 0 aliphatic carbocycles. The fraction of sp³-hybridized carbons (Fsp3) is 0.500. The van der Waals surface area contributed by atoms with E-state index in [-0.39, 0.29) is 24.3 Å². The van der Waals surface area contributed by atoms with Crippen molar-refractivity contribution >= 4 is 5.91 Å². The highest BCUT2D eigenvalue weighted by atomic mass is 16.5. The van der Waals surface area contributed by atoms with E-state index in [1.54, 1.807) is 0 Å². The number of benzene rings is 1. The molecule has 1 saturated heterocycles. The molecule has 1 unspecified atom stereocenters. The second kappa shape index (κ2) is 4.61. The summed E-state index contributed by atoms with van der Waals surface area (Å²) in [5.74, 6) is 1.26. The van der Waals surface area contributed by atoms with Crippen molar-refractivity contribution in [3.05, 3.63) is 29.8 Å². The summed E-state index contributed by atoms with van der Waals surface area (Å²) in [7, 11) is 0. The van der Waals surface area contributed by atoms with Crippen molar-refractivity contribution in [3.8, 4) is 5.75 Å². The van der Waals surface area contributed by atoms with Crippen LogP contribution in [-0.2, 0) is 11.2 Å². The van der Waals surface area contributed by atoms with Crippen LogP contribution in [0.15, 0.2) is 24.3 Å². The molecule has 0 bridgehead atoms. The highest BCUT2D eigenvalue weighted by molar-refractivity contribution is 5.80. The fourth-order valence-corrected chi connectivity index (χ4v) is 2.61. The average Bonchev–Trinajstić information content (AvgIpc) is 2.37. The molecule has 0 saturated carbocycles. The van der Waals surface area contributed by atoms with Crippen molar-refractivity contribution in [3.63, 3.8) is 0 Å². The molecule has 1 atom stereocenters. The molecule has 1 aromatic rings. The summed E-state index contributed by atoms with van der Waals surface area (Å²) in [5, 5.41) is 8.96. The van der Waals surface area contributed by atoms with Crippen LogP contribution in [-0.4, -0.2) is 42.2 Å². The standard InChI is InChI=1S/C14H17NO3/c16-8-10-6-15(7-10)14(17)12-5-11-3-1-2-4-13(11)18-9-12/h1-4,10,12,16H,5-9H2. The van der Waals surface area contributed by atoms with E-state index >= 15 is 0 Å². The van der Waals surface area contributed by atoms with E-state index in [1.807, 2.05) is 29.2 Å². The lowest BCUT2D eigenvalue weighted by Gasteiger charge is -2.40.